The van der Waals surface area contributed by atoms with E-state index in [9.17, 15) is 0 Å². The zero-order valence-electron chi connectivity index (χ0n) is 5.72. The molecule has 54 valence electrons. The molecule has 0 atom stereocenters. The fourth-order valence-corrected chi connectivity index (χ4v) is 1.49. The number of nitrogens with one attached hydrogen (secondary N) is 1. The number of thiazole rings is 1. The Labute approximate surface area is 63.4 Å². The molecule has 0 fully saturated rings. The standard InChI is InChI=1S/C6H9N3S/c1-4-9-3-5(10-4)2-6(7)8/h3H,2H2,1H3,(H3,7,8). The minimum atomic E-state index is 0.198. The zero-order valence-corrected chi connectivity index (χ0v) is 6.53. The molecule has 0 aliphatic heterocycles. The highest BCUT2D eigenvalue weighted by atomic mass is 32.1. The molecule has 0 aliphatic carbocycles. The maximum atomic E-state index is 7.00. The summed E-state index contributed by atoms with van der Waals surface area (Å²) in [5.41, 5.74) is 5.20. The van der Waals surface area contributed by atoms with Crippen molar-refractivity contribution in [3.05, 3.63) is 16.1 Å². The lowest BCUT2D eigenvalue weighted by Gasteiger charge is -1.89. The molecule has 0 bridgehead atoms. The normalized spacial score (nSPS) is 9.70. The second-order valence-corrected chi connectivity index (χ2v) is 3.37. The molecule has 0 radical (unpaired) electrons. The van der Waals surface area contributed by atoms with Gasteiger partial charge >= 0.3 is 0 Å². The van der Waals surface area contributed by atoms with E-state index in [1.807, 2.05) is 6.92 Å². The van der Waals surface area contributed by atoms with Crippen molar-refractivity contribution in [2.45, 2.75) is 13.3 Å². The molecule has 0 aromatic carbocycles. The van der Waals surface area contributed by atoms with Gasteiger partial charge in [0.05, 0.1) is 10.8 Å². The number of nitrogens with zero attached hydrogens (tertiary/aromatic N) is 1. The van der Waals surface area contributed by atoms with Gasteiger partial charge in [-0.2, -0.15) is 0 Å². The van der Waals surface area contributed by atoms with E-state index in [2.05, 4.69) is 4.98 Å². The van der Waals surface area contributed by atoms with Gasteiger partial charge in [-0.05, 0) is 6.92 Å². The average Bonchev–Trinajstić information content (AvgIpc) is 2.13. The summed E-state index contributed by atoms with van der Waals surface area (Å²) in [6.07, 6.45) is 2.30. The third-order valence-electron chi connectivity index (χ3n) is 1.03. The lowest BCUT2D eigenvalue weighted by molar-refractivity contribution is 1.24. The smallest absolute Gasteiger partial charge is 0.0959 e. The molecule has 3 N–H and O–H groups in total. The first-order chi connectivity index (χ1) is 4.68. The second kappa shape index (κ2) is 2.79. The summed E-state index contributed by atoms with van der Waals surface area (Å²) in [5.74, 6) is 0.198. The van der Waals surface area contributed by atoms with Crippen LogP contribution in [0.3, 0.4) is 0 Å². The van der Waals surface area contributed by atoms with Crippen LogP contribution in [0.15, 0.2) is 6.20 Å². The van der Waals surface area contributed by atoms with Gasteiger partial charge in [0.15, 0.2) is 0 Å². The van der Waals surface area contributed by atoms with E-state index in [-0.39, 0.29) is 5.84 Å². The Morgan fingerprint density at radius 2 is 2.60 bits per heavy atom. The van der Waals surface area contributed by atoms with Gasteiger partial charge in [-0.1, -0.05) is 0 Å². The van der Waals surface area contributed by atoms with Crippen LogP contribution in [-0.4, -0.2) is 10.8 Å². The number of nitrogens with two attached hydrogens (primary N) is 1. The summed E-state index contributed by atoms with van der Waals surface area (Å²) < 4.78 is 0. The van der Waals surface area contributed by atoms with Crippen LogP contribution in [0.2, 0.25) is 0 Å². The van der Waals surface area contributed by atoms with Crippen molar-refractivity contribution < 1.29 is 0 Å². The summed E-state index contributed by atoms with van der Waals surface area (Å²) in [7, 11) is 0. The molecule has 1 rings (SSSR count). The van der Waals surface area contributed by atoms with Crippen molar-refractivity contribution >= 4 is 17.2 Å². The number of rotatable bonds is 2. The Hall–Kier alpha value is -0.900. The van der Waals surface area contributed by atoms with Crippen molar-refractivity contribution in [2.24, 2.45) is 5.73 Å². The van der Waals surface area contributed by atoms with Crippen molar-refractivity contribution in [3.63, 3.8) is 0 Å². The monoisotopic (exact) mass is 155 g/mol. The predicted octanol–water partition coefficient (Wildman–Crippen LogP) is 0.930. The molecule has 1 aromatic heterocycles. The van der Waals surface area contributed by atoms with E-state index in [1.165, 1.54) is 0 Å². The van der Waals surface area contributed by atoms with Crippen molar-refractivity contribution in [3.8, 4) is 0 Å². The summed E-state index contributed by atoms with van der Waals surface area (Å²) in [5, 5.41) is 8.02. The molecule has 0 amide bonds. The lowest BCUT2D eigenvalue weighted by Crippen LogP contribution is -2.11. The molecule has 0 saturated carbocycles. The van der Waals surface area contributed by atoms with Crippen molar-refractivity contribution in [2.75, 3.05) is 0 Å². The van der Waals surface area contributed by atoms with E-state index in [1.54, 1.807) is 17.5 Å². The molecule has 0 unspecified atom stereocenters. The lowest BCUT2D eigenvalue weighted by atomic mass is 10.4. The molecule has 10 heavy (non-hydrogen) atoms. The summed E-state index contributed by atoms with van der Waals surface area (Å²) in [6.45, 7) is 1.94. The highest BCUT2D eigenvalue weighted by Gasteiger charge is 1.98. The fraction of sp³-hybridized carbons (Fsp3) is 0.333. The van der Waals surface area contributed by atoms with Gasteiger partial charge in [0.1, 0.15) is 0 Å². The first-order valence-corrected chi connectivity index (χ1v) is 3.74. The van der Waals surface area contributed by atoms with E-state index in [0.29, 0.717) is 6.42 Å². The van der Waals surface area contributed by atoms with Gasteiger partial charge in [0, 0.05) is 17.5 Å². The van der Waals surface area contributed by atoms with E-state index >= 15 is 0 Å². The maximum Gasteiger partial charge on any atom is 0.0959 e. The first kappa shape index (κ1) is 7.21. The maximum absolute atomic E-state index is 7.00. The van der Waals surface area contributed by atoms with Crippen LogP contribution in [0.1, 0.15) is 9.88 Å². The largest absolute Gasteiger partial charge is 0.387 e. The molecule has 4 heteroatoms. The summed E-state index contributed by atoms with van der Waals surface area (Å²) in [6, 6.07) is 0. The number of aromatic nitrogens is 1. The summed E-state index contributed by atoms with van der Waals surface area (Å²) >= 11 is 1.58. The minimum absolute atomic E-state index is 0.198. The van der Waals surface area contributed by atoms with Crippen LogP contribution >= 0.6 is 11.3 Å². The van der Waals surface area contributed by atoms with Gasteiger partial charge in [-0.15, -0.1) is 11.3 Å². The Balaban J connectivity index is 2.67. The van der Waals surface area contributed by atoms with Crippen LogP contribution in [0, 0.1) is 12.3 Å². The second-order valence-electron chi connectivity index (χ2n) is 2.05. The Morgan fingerprint density at radius 3 is 3.00 bits per heavy atom. The van der Waals surface area contributed by atoms with Gasteiger partial charge < -0.3 is 5.73 Å². The minimum Gasteiger partial charge on any atom is -0.387 e. The van der Waals surface area contributed by atoms with Crippen molar-refractivity contribution in [1.82, 2.24) is 4.98 Å². The third-order valence-corrected chi connectivity index (χ3v) is 1.95. The van der Waals surface area contributed by atoms with Gasteiger partial charge in [-0.25, -0.2) is 4.98 Å². The number of aryl methyl sites for hydroxylation is 1. The van der Waals surface area contributed by atoms with Crippen LogP contribution in [0.25, 0.3) is 0 Å². The number of hydrogen-bond acceptors (Lipinski definition) is 3. The molecule has 0 saturated heterocycles. The van der Waals surface area contributed by atoms with Crippen LogP contribution < -0.4 is 5.73 Å². The fourth-order valence-electron chi connectivity index (χ4n) is 0.675. The topological polar surface area (TPSA) is 62.8 Å². The van der Waals surface area contributed by atoms with Gasteiger partial charge in [0.25, 0.3) is 0 Å². The molecule has 3 nitrogen and oxygen atoms in total. The van der Waals surface area contributed by atoms with E-state index < -0.39 is 0 Å². The third kappa shape index (κ3) is 1.80. The zero-order chi connectivity index (χ0) is 7.56. The van der Waals surface area contributed by atoms with Crippen molar-refractivity contribution in [1.29, 1.82) is 5.41 Å². The van der Waals surface area contributed by atoms with Gasteiger partial charge in [0.2, 0.25) is 0 Å². The molecule has 1 aromatic rings. The highest BCUT2D eigenvalue weighted by molar-refractivity contribution is 7.11. The van der Waals surface area contributed by atoms with Gasteiger partial charge in [-0.3, -0.25) is 5.41 Å². The number of amidine groups is 1. The van der Waals surface area contributed by atoms with Crippen LogP contribution in [0.4, 0.5) is 0 Å². The first-order valence-electron chi connectivity index (χ1n) is 2.92. The van der Waals surface area contributed by atoms with E-state index in [4.69, 9.17) is 11.1 Å². The van der Waals surface area contributed by atoms with E-state index in [0.717, 1.165) is 9.88 Å². The Bertz CT molecular complexity index is 241. The average molecular weight is 155 g/mol. The Morgan fingerprint density at radius 1 is 1.90 bits per heavy atom. The molecule has 1 heterocycles. The van der Waals surface area contributed by atoms with Crippen LogP contribution in [0.5, 0.6) is 0 Å². The quantitative estimate of drug-likeness (QED) is 0.493. The molecular formula is C6H9N3S. The summed E-state index contributed by atoms with van der Waals surface area (Å²) in [4.78, 5) is 5.10. The molecule has 0 spiro atoms. The number of hydrogen-bond donors (Lipinski definition) is 2. The Kier molecular flexibility index (Phi) is 2.01. The van der Waals surface area contributed by atoms with Crippen LogP contribution in [-0.2, 0) is 6.42 Å². The molecular weight excluding hydrogens is 146 g/mol. The molecule has 0 aliphatic rings. The SMILES string of the molecule is Cc1ncc(CC(=N)N)s1. The highest BCUT2D eigenvalue weighted by Crippen LogP contribution is 2.11. The predicted molar refractivity (Wildman–Crippen MR) is 42.5 cm³/mol.